The van der Waals surface area contributed by atoms with E-state index in [0.29, 0.717) is 21.4 Å². The lowest BCUT2D eigenvalue weighted by atomic mass is 10.2. The summed E-state index contributed by atoms with van der Waals surface area (Å²) in [7, 11) is 0. The zero-order valence-corrected chi connectivity index (χ0v) is 15.0. The van der Waals surface area contributed by atoms with Gasteiger partial charge in [-0.05, 0) is 60.5 Å². The molecule has 1 heterocycles. The molecule has 0 saturated carbocycles. The van der Waals surface area contributed by atoms with E-state index in [0.717, 1.165) is 10.0 Å². The molecule has 3 nitrogen and oxygen atoms in total. The van der Waals surface area contributed by atoms with Crippen LogP contribution >= 0.6 is 39.1 Å². The average molecular weight is 390 g/mol. The average Bonchev–Trinajstić information content (AvgIpc) is 2.78. The molecule has 0 fully saturated rings. The summed E-state index contributed by atoms with van der Waals surface area (Å²) in [4.78, 5) is 12.4. The van der Waals surface area contributed by atoms with Crippen LogP contribution in [0.15, 0.2) is 28.9 Å². The number of carbonyl (C=O) groups is 1. The molecule has 2 rings (SSSR count). The van der Waals surface area contributed by atoms with Crippen molar-refractivity contribution in [3.05, 3.63) is 50.2 Å². The first kappa shape index (κ1) is 16.4. The van der Waals surface area contributed by atoms with Gasteiger partial charge in [0.05, 0.1) is 10.7 Å². The number of halogens is 3. The fourth-order valence-electron chi connectivity index (χ4n) is 1.98. The van der Waals surface area contributed by atoms with E-state index in [1.165, 1.54) is 0 Å². The van der Waals surface area contributed by atoms with Gasteiger partial charge in [-0.25, -0.2) is 0 Å². The summed E-state index contributed by atoms with van der Waals surface area (Å²) in [5, 5.41) is 3.99. The lowest BCUT2D eigenvalue weighted by molar-refractivity contribution is 0.101. The van der Waals surface area contributed by atoms with Crippen LogP contribution in [-0.4, -0.2) is 10.5 Å². The normalized spacial score (nSPS) is 11.0. The fraction of sp³-hybridized carbons (Fsp3) is 0.267. The zero-order chi connectivity index (χ0) is 15.7. The van der Waals surface area contributed by atoms with Crippen molar-refractivity contribution in [1.82, 2.24) is 4.57 Å². The highest BCUT2D eigenvalue weighted by atomic mass is 79.9. The van der Waals surface area contributed by atoms with E-state index in [1.54, 1.807) is 18.3 Å². The van der Waals surface area contributed by atoms with Gasteiger partial charge in [0.2, 0.25) is 0 Å². The number of nitrogens with zero attached hydrogens (tertiary/aromatic N) is 1. The Bertz CT molecular complexity index is 695. The lowest BCUT2D eigenvalue weighted by Crippen LogP contribution is -2.18. The van der Waals surface area contributed by atoms with Gasteiger partial charge < -0.3 is 9.88 Å². The van der Waals surface area contributed by atoms with Crippen LogP contribution in [-0.2, 0) is 0 Å². The minimum absolute atomic E-state index is 0.142. The van der Waals surface area contributed by atoms with Gasteiger partial charge >= 0.3 is 0 Å². The van der Waals surface area contributed by atoms with E-state index in [1.807, 2.05) is 31.4 Å². The summed E-state index contributed by atoms with van der Waals surface area (Å²) in [6, 6.07) is 5.39. The molecule has 1 amide bonds. The molecule has 112 valence electrons. The predicted molar refractivity (Wildman–Crippen MR) is 91.7 cm³/mol. The van der Waals surface area contributed by atoms with Crippen molar-refractivity contribution < 1.29 is 4.79 Å². The number of benzene rings is 1. The van der Waals surface area contributed by atoms with E-state index < -0.39 is 0 Å². The molecule has 0 unspecified atom stereocenters. The molecular weight excluding hydrogens is 375 g/mol. The van der Waals surface area contributed by atoms with Crippen LogP contribution in [0.25, 0.3) is 0 Å². The quantitative estimate of drug-likeness (QED) is 0.717. The number of nitrogens with one attached hydrogen (secondary N) is 1. The number of aryl methyl sites for hydroxylation is 1. The summed E-state index contributed by atoms with van der Waals surface area (Å²) in [6.07, 6.45) is 1.75. The minimum Gasteiger partial charge on any atom is -0.339 e. The molecule has 6 heteroatoms. The molecule has 0 radical (unpaired) electrons. The highest BCUT2D eigenvalue weighted by molar-refractivity contribution is 9.10. The maximum atomic E-state index is 12.4. The van der Waals surface area contributed by atoms with Gasteiger partial charge in [-0.2, -0.15) is 0 Å². The minimum atomic E-state index is -0.226. The van der Waals surface area contributed by atoms with Gasteiger partial charge in [-0.3, -0.25) is 4.79 Å². The van der Waals surface area contributed by atoms with E-state index >= 15 is 0 Å². The summed E-state index contributed by atoms with van der Waals surface area (Å²) >= 11 is 15.5. The van der Waals surface area contributed by atoms with Crippen LogP contribution in [0.4, 0.5) is 5.69 Å². The molecule has 1 N–H and O–H groups in total. The van der Waals surface area contributed by atoms with Gasteiger partial charge in [0, 0.05) is 21.7 Å². The number of carbonyl (C=O) groups excluding carboxylic acids is 1. The first-order chi connectivity index (χ1) is 9.79. The van der Waals surface area contributed by atoms with Crippen molar-refractivity contribution in [1.29, 1.82) is 0 Å². The highest BCUT2D eigenvalue weighted by Gasteiger charge is 2.16. The largest absolute Gasteiger partial charge is 0.339 e. The van der Waals surface area contributed by atoms with Crippen molar-refractivity contribution >= 4 is 50.7 Å². The Morgan fingerprint density at radius 3 is 2.57 bits per heavy atom. The van der Waals surface area contributed by atoms with E-state index in [2.05, 4.69) is 21.2 Å². The van der Waals surface area contributed by atoms with Gasteiger partial charge in [-0.1, -0.05) is 23.2 Å². The molecule has 0 atom stereocenters. The Morgan fingerprint density at radius 1 is 1.29 bits per heavy atom. The molecule has 0 aliphatic rings. The third-order valence-electron chi connectivity index (χ3n) is 3.10. The Morgan fingerprint density at radius 2 is 1.95 bits per heavy atom. The topological polar surface area (TPSA) is 34.0 Å². The van der Waals surface area contributed by atoms with Crippen LogP contribution in [0.1, 0.15) is 35.9 Å². The SMILES string of the molecule is Cc1cc(Br)c(NC(=O)c2cc(Cl)cn2C(C)C)cc1Cl. The second-order valence-corrected chi connectivity index (χ2v) is 6.78. The van der Waals surface area contributed by atoms with Crippen LogP contribution < -0.4 is 5.32 Å². The molecule has 0 saturated heterocycles. The highest BCUT2D eigenvalue weighted by Crippen LogP contribution is 2.30. The molecule has 0 aliphatic heterocycles. The second kappa shape index (κ2) is 6.42. The Labute approximate surface area is 142 Å². The maximum absolute atomic E-state index is 12.4. The third kappa shape index (κ3) is 3.62. The first-order valence-corrected chi connectivity index (χ1v) is 7.99. The molecular formula is C15H15BrCl2N2O. The summed E-state index contributed by atoms with van der Waals surface area (Å²) in [6.45, 7) is 5.89. The Hall–Kier alpha value is -0.970. The zero-order valence-electron chi connectivity index (χ0n) is 11.9. The standard InChI is InChI=1S/C15H15BrCl2N2O/c1-8(2)20-7-10(17)5-14(20)15(21)19-13-6-12(18)9(3)4-11(13)16/h4-8H,1-3H3,(H,19,21). The summed E-state index contributed by atoms with van der Waals surface area (Å²) in [5.74, 6) is -0.226. The van der Waals surface area contributed by atoms with Crippen LogP contribution in [0.3, 0.4) is 0 Å². The number of aromatic nitrogens is 1. The fourth-order valence-corrected chi connectivity index (χ4v) is 2.91. The van der Waals surface area contributed by atoms with Gasteiger partial charge in [0.15, 0.2) is 0 Å². The molecule has 2 aromatic rings. The molecule has 0 bridgehead atoms. The summed E-state index contributed by atoms with van der Waals surface area (Å²) < 4.78 is 2.62. The maximum Gasteiger partial charge on any atom is 0.272 e. The van der Waals surface area contributed by atoms with Gasteiger partial charge in [0.25, 0.3) is 5.91 Å². The number of hydrogen-bond acceptors (Lipinski definition) is 1. The monoisotopic (exact) mass is 388 g/mol. The number of amides is 1. The lowest BCUT2D eigenvalue weighted by Gasteiger charge is -2.14. The first-order valence-electron chi connectivity index (χ1n) is 6.44. The van der Waals surface area contributed by atoms with Crippen molar-refractivity contribution in [2.24, 2.45) is 0 Å². The van der Waals surface area contributed by atoms with Crippen molar-refractivity contribution in [3.8, 4) is 0 Å². The van der Waals surface area contributed by atoms with Crippen molar-refractivity contribution in [3.63, 3.8) is 0 Å². The van der Waals surface area contributed by atoms with Crippen molar-refractivity contribution in [2.75, 3.05) is 5.32 Å². The molecule has 0 spiro atoms. The van der Waals surface area contributed by atoms with Crippen LogP contribution in [0, 0.1) is 6.92 Å². The van der Waals surface area contributed by atoms with E-state index in [-0.39, 0.29) is 11.9 Å². The third-order valence-corrected chi connectivity index (χ3v) is 4.37. The number of anilines is 1. The van der Waals surface area contributed by atoms with E-state index in [9.17, 15) is 4.79 Å². The molecule has 21 heavy (non-hydrogen) atoms. The molecule has 1 aromatic carbocycles. The van der Waals surface area contributed by atoms with Crippen molar-refractivity contribution in [2.45, 2.75) is 26.8 Å². The van der Waals surface area contributed by atoms with Crippen LogP contribution in [0.5, 0.6) is 0 Å². The number of hydrogen-bond donors (Lipinski definition) is 1. The smallest absolute Gasteiger partial charge is 0.272 e. The van der Waals surface area contributed by atoms with Gasteiger partial charge in [0.1, 0.15) is 5.69 Å². The second-order valence-electron chi connectivity index (χ2n) is 5.08. The number of rotatable bonds is 3. The summed E-state index contributed by atoms with van der Waals surface area (Å²) in [5.41, 5.74) is 2.08. The van der Waals surface area contributed by atoms with E-state index in [4.69, 9.17) is 23.2 Å². The Balaban J connectivity index is 2.33. The molecule has 1 aromatic heterocycles. The predicted octanol–water partition coefficient (Wildman–Crippen LogP) is 5.70. The van der Waals surface area contributed by atoms with Crippen LogP contribution in [0.2, 0.25) is 10.0 Å². The Kier molecular flexibility index (Phi) is 5.02. The molecule has 0 aliphatic carbocycles. The van der Waals surface area contributed by atoms with Gasteiger partial charge in [-0.15, -0.1) is 0 Å².